The van der Waals surface area contributed by atoms with Gasteiger partial charge in [0.25, 0.3) is 0 Å². The minimum atomic E-state index is -4.31. The number of nitrogens with zero attached hydrogens (tertiary/aromatic N) is 3. The average Bonchev–Trinajstić information content (AvgIpc) is 2.85. The fraction of sp³-hybridized carbons (Fsp3) is 0.412. The number of hydrogen-bond donors (Lipinski definition) is 6. The van der Waals surface area contributed by atoms with Crippen LogP contribution in [0.25, 0.3) is 0 Å². The Morgan fingerprint density at radius 2 is 2.00 bits per heavy atom. The van der Waals surface area contributed by atoms with Gasteiger partial charge < -0.3 is 36.1 Å². The highest BCUT2D eigenvalue weighted by Gasteiger charge is 2.79. The third-order valence-electron chi connectivity index (χ3n) is 5.08. The molecule has 1 aliphatic rings. The first-order valence-electron chi connectivity index (χ1n) is 8.61. The summed E-state index contributed by atoms with van der Waals surface area (Å²) in [5.41, 5.74) is 1.84. The van der Waals surface area contributed by atoms with Crippen molar-refractivity contribution in [1.29, 1.82) is 0 Å². The van der Waals surface area contributed by atoms with E-state index in [-0.39, 0.29) is 9.63 Å². The molecule has 1 fully saturated rings. The van der Waals surface area contributed by atoms with Gasteiger partial charge in [-0.2, -0.15) is 9.37 Å². The largest absolute Gasteiger partial charge is 0.393 e. The molecule has 1 saturated heterocycles. The summed E-state index contributed by atoms with van der Waals surface area (Å²) in [6.45, 7) is -0.0557. The summed E-state index contributed by atoms with van der Waals surface area (Å²) in [4.78, 5) is 15.4. The maximum atomic E-state index is 15.7. The standard InChI is InChI=1S/C17H20ClFN4O7/c1-9-4-2-3-5-10(9)7-22(29)15(26)12(8-24)30-17(28,16(15,19)27)23-13(20)11(18)6-21-14(23)25/h2-6,12,24,26-29H,7-8,20H2,1H3/t12-,15-,16-,17+/m1/s1. The number of aliphatic hydroxyl groups excluding tert-OH is 1. The van der Waals surface area contributed by atoms with Crippen LogP contribution in [-0.4, -0.2) is 64.5 Å². The Hall–Kier alpha value is -2.16. The van der Waals surface area contributed by atoms with Crippen LogP contribution in [-0.2, 0) is 17.2 Å². The molecule has 1 aromatic carbocycles. The normalized spacial score (nSPS) is 31.4. The van der Waals surface area contributed by atoms with Crippen LogP contribution in [0.5, 0.6) is 0 Å². The summed E-state index contributed by atoms with van der Waals surface area (Å²) in [5, 5.41) is 52.0. The highest BCUT2D eigenvalue weighted by atomic mass is 35.5. The minimum Gasteiger partial charge on any atom is -0.393 e. The summed E-state index contributed by atoms with van der Waals surface area (Å²) in [7, 11) is 0. The molecule has 0 radical (unpaired) electrons. The number of hydroxylamine groups is 2. The molecule has 3 rings (SSSR count). The monoisotopic (exact) mass is 446 g/mol. The Kier molecular flexibility index (Phi) is 5.64. The van der Waals surface area contributed by atoms with Crippen molar-refractivity contribution in [1.82, 2.24) is 14.6 Å². The summed E-state index contributed by atoms with van der Waals surface area (Å²) in [6, 6.07) is 6.55. The van der Waals surface area contributed by atoms with E-state index in [1.54, 1.807) is 31.2 Å². The zero-order valence-corrected chi connectivity index (χ0v) is 16.4. The van der Waals surface area contributed by atoms with Crippen molar-refractivity contribution >= 4 is 17.4 Å². The smallest absolute Gasteiger partial charge is 0.353 e. The van der Waals surface area contributed by atoms with Gasteiger partial charge in [0.15, 0.2) is 0 Å². The van der Waals surface area contributed by atoms with E-state index in [4.69, 9.17) is 22.1 Å². The van der Waals surface area contributed by atoms with Crippen LogP contribution in [0, 0.1) is 6.92 Å². The summed E-state index contributed by atoms with van der Waals surface area (Å²) >= 11 is 5.76. The molecular formula is C17H20ClFN4O7. The van der Waals surface area contributed by atoms with Crippen LogP contribution in [0.1, 0.15) is 11.1 Å². The van der Waals surface area contributed by atoms with Gasteiger partial charge in [-0.3, -0.25) is 0 Å². The third kappa shape index (κ3) is 3.01. The molecule has 0 bridgehead atoms. The number of nitrogens with two attached hydrogens (primary N) is 1. The fourth-order valence-corrected chi connectivity index (χ4v) is 3.46. The first kappa shape index (κ1) is 22.5. The van der Waals surface area contributed by atoms with E-state index >= 15 is 4.39 Å². The van der Waals surface area contributed by atoms with Crippen molar-refractivity contribution in [2.75, 3.05) is 12.3 Å². The van der Waals surface area contributed by atoms with Crippen LogP contribution in [0.15, 0.2) is 35.3 Å². The molecule has 0 aliphatic carbocycles. The maximum Gasteiger partial charge on any atom is 0.353 e. The molecular weight excluding hydrogens is 427 g/mol. The van der Waals surface area contributed by atoms with Crippen LogP contribution in [0.4, 0.5) is 10.2 Å². The van der Waals surface area contributed by atoms with Gasteiger partial charge in [-0.15, -0.1) is 5.06 Å². The zero-order chi connectivity index (χ0) is 22.5. The summed E-state index contributed by atoms with van der Waals surface area (Å²) in [5.74, 6) is -8.77. The molecule has 13 heteroatoms. The Labute approximate surface area is 173 Å². The van der Waals surface area contributed by atoms with Crippen molar-refractivity contribution < 1.29 is 34.8 Å². The number of aliphatic hydroxyl groups is 4. The van der Waals surface area contributed by atoms with Crippen molar-refractivity contribution in [2.45, 2.75) is 37.1 Å². The Balaban J connectivity index is 2.14. The topological polar surface area (TPSA) is 175 Å². The highest BCUT2D eigenvalue weighted by Crippen LogP contribution is 2.51. The number of rotatable bonds is 5. The van der Waals surface area contributed by atoms with Crippen LogP contribution >= 0.6 is 11.6 Å². The number of benzene rings is 1. The van der Waals surface area contributed by atoms with Gasteiger partial charge >= 0.3 is 17.5 Å². The van der Waals surface area contributed by atoms with Crippen molar-refractivity contribution in [2.24, 2.45) is 0 Å². The molecule has 11 nitrogen and oxygen atoms in total. The molecule has 0 unspecified atom stereocenters. The lowest BCUT2D eigenvalue weighted by Gasteiger charge is -2.41. The second-order valence-corrected chi connectivity index (χ2v) is 7.25. The average molecular weight is 447 g/mol. The number of halogens is 2. The molecule has 1 aromatic heterocycles. The molecule has 0 spiro atoms. The quantitative estimate of drug-likeness (QED) is 0.247. The Morgan fingerprint density at radius 1 is 1.37 bits per heavy atom. The summed E-state index contributed by atoms with van der Waals surface area (Å²) in [6.07, 6.45) is -1.32. The van der Waals surface area contributed by atoms with Gasteiger partial charge in [-0.05, 0) is 18.1 Å². The molecule has 2 aromatic rings. The minimum absolute atomic E-state index is 0.0302. The SMILES string of the molecule is Cc1ccccc1CN(O)[C@@]1(O)[C@@H](CO)O[C@](O)(n2c(N)c(Cl)cnc2=O)[C@@]1(O)F. The number of ether oxygens (including phenoxy) is 1. The lowest BCUT2D eigenvalue weighted by atomic mass is 9.96. The number of aryl methyl sites for hydroxylation is 1. The van der Waals surface area contributed by atoms with Gasteiger partial charge in [-0.25, -0.2) is 9.36 Å². The zero-order valence-electron chi connectivity index (χ0n) is 15.6. The molecule has 7 N–H and O–H groups in total. The van der Waals surface area contributed by atoms with Crippen LogP contribution in [0.2, 0.25) is 5.02 Å². The van der Waals surface area contributed by atoms with Gasteiger partial charge in [0.2, 0.25) is 5.72 Å². The van der Waals surface area contributed by atoms with E-state index < -0.39 is 53.3 Å². The number of aromatic nitrogens is 2. The lowest BCUT2D eigenvalue weighted by Crippen LogP contribution is -2.69. The number of anilines is 1. The van der Waals surface area contributed by atoms with Crippen LogP contribution < -0.4 is 11.4 Å². The molecule has 4 atom stereocenters. The number of hydrogen-bond acceptors (Lipinski definition) is 10. The van der Waals surface area contributed by atoms with Gasteiger partial charge in [0.1, 0.15) is 11.9 Å². The van der Waals surface area contributed by atoms with E-state index in [1.807, 2.05) is 0 Å². The summed E-state index contributed by atoms with van der Waals surface area (Å²) < 4.78 is 20.6. The van der Waals surface area contributed by atoms with E-state index in [9.17, 15) is 30.4 Å². The number of alkyl halides is 1. The van der Waals surface area contributed by atoms with Gasteiger partial charge in [0.05, 0.1) is 24.4 Å². The van der Waals surface area contributed by atoms with Crippen molar-refractivity contribution in [3.05, 3.63) is 57.1 Å². The Bertz CT molecular complexity index is 1020. The van der Waals surface area contributed by atoms with E-state index in [0.717, 1.165) is 6.20 Å². The first-order valence-corrected chi connectivity index (χ1v) is 8.98. The van der Waals surface area contributed by atoms with Gasteiger partial charge in [0, 0.05) is 0 Å². The fourth-order valence-electron chi connectivity index (χ4n) is 3.32. The van der Waals surface area contributed by atoms with Crippen LogP contribution in [0.3, 0.4) is 0 Å². The lowest BCUT2D eigenvalue weighted by molar-refractivity contribution is -0.410. The van der Waals surface area contributed by atoms with E-state index in [1.165, 1.54) is 0 Å². The molecule has 0 amide bonds. The molecule has 1 aliphatic heterocycles. The van der Waals surface area contributed by atoms with Crippen molar-refractivity contribution in [3.8, 4) is 0 Å². The van der Waals surface area contributed by atoms with E-state index in [0.29, 0.717) is 11.1 Å². The number of nitrogen functional groups attached to an aromatic ring is 1. The predicted octanol–water partition coefficient (Wildman–Crippen LogP) is -0.981. The predicted molar refractivity (Wildman–Crippen MR) is 99.6 cm³/mol. The first-order chi connectivity index (χ1) is 13.9. The molecule has 164 valence electrons. The Morgan fingerprint density at radius 3 is 2.60 bits per heavy atom. The molecule has 2 heterocycles. The maximum absolute atomic E-state index is 15.7. The second kappa shape index (κ2) is 7.51. The van der Waals surface area contributed by atoms with Gasteiger partial charge in [-0.1, -0.05) is 35.9 Å². The van der Waals surface area contributed by atoms with E-state index in [2.05, 4.69) is 4.98 Å². The third-order valence-corrected chi connectivity index (χ3v) is 5.37. The van der Waals surface area contributed by atoms with Crippen molar-refractivity contribution in [3.63, 3.8) is 0 Å². The molecule has 30 heavy (non-hydrogen) atoms. The second-order valence-electron chi connectivity index (χ2n) is 6.84. The molecule has 0 saturated carbocycles. The highest BCUT2D eigenvalue weighted by molar-refractivity contribution is 6.32.